The lowest BCUT2D eigenvalue weighted by atomic mass is 9.51. The van der Waals surface area contributed by atoms with Gasteiger partial charge in [0, 0.05) is 30.9 Å². The highest BCUT2D eigenvalue weighted by atomic mass is 19.1. The van der Waals surface area contributed by atoms with Gasteiger partial charge in [-0.15, -0.1) is 0 Å². The number of methoxy groups -OCH3 is 1. The number of rotatable bonds is 9. The molecule has 0 saturated heterocycles. The van der Waals surface area contributed by atoms with Gasteiger partial charge in [0.05, 0.1) is 23.9 Å². The first-order valence-electron chi connectivity index (χ1n) is 12.1. The minimum absolute atomic E-state index is 0.0226. The molecule has 5 rings (SSSR count). The Bertz CT molecular complexity index is 982. The Morgan fingerprint density at radius 1 is 1.29 bits per heavy atom. The Hall–Kier alpha value is -2.77. The van der Waals surface area contributed by atoms with Gasteiger partial charge in [-0.05, 0) is 82.4 Å². The van der Waals surface area contributed by atoms with E-state index in [1.807, 2.05) is 19.9 Å². The summed E-state index contributed by atoms with van der Waals surface area (Å²) >= 11 is 0. The molecule has 8 heteroatoms. The largest absolute Gasteiger partial charge is 0.483 e. The number of nitrogens with zero attached hydrogens (tertiary/aromatic N) is 1. The van der Waals surface area contributed by atoms with Crippen LogP contribution in [0.15, 0.2) is 30.8 Å². The van der Waals surface area contributed by atoms with Crippen LogP contribution in [0.3, 0.4) is 0 Å². The third kappa shape index (κ3) is 4.86. The third-order valence-corrected chi connectivity index (χ3v) is 7.77. The SMILES string of the molecule is C=C(NC(C)(C)/C=C/n1ccc(C(=O)N[C@H]2C3CC4CC2C[C@](NC(C)=O)(C4)C3)c1CF)OC. The van der Waals surface area contributed by atoms with Crippen LogP contribution in [0, 0.1) is 17.8 Å². The Kier molecular flexibility index (Phi) is 6.53. The van der Waals surface area contributed by atoms with Gasteiger partial charge < -0.3 is 25.3 Å². The molecule has 1 aromatic rings. The standard InChI is InChI=1S/C26H37FN4O3/c1-16(32)29-26-12-18-10-19(13-26)23(20(11-18)14-26)28-24(33)21-6-8-31(22(21)15-27)9-7-25(3,4)30-17(2)34-5/h6-9,18-20,23,30H,2,10-15H2,1,3-5H3,(H,28,33)(H,29,32)/b9-7+/t18?,19?,20?,23-,26-. The molecule has 4 aliphatic carbocycles. The van der Waals surface area contributed by atoms with Crippen molar-refractivity contribution in [2.45, 2.75) is 76.7 Å². The fourth-order valence-electron chi connectivity index (χ4n) is 6.70. The number of halogens is 1. The fourth-order valence-corrected chi connectivity index (χ4v) is 6.70. The van der Waals surface area contributed by atoms with E-state index in [-0.39, 0.29) is 23.4 Å². The maximum absolute atomic E-state index is 14.0. The van der Waals surface area contributed by atoms with Crippen molar-refractivity contribution in [2.75, 3.05) is 7.11 Å². The Morgan fingerprint density at radius 3 is 2.56 bits per heavy atom. The molecule has 1 aromatic heterocycles. The molecule has 4 saturated carbocycles. The van der Waals surface area contributed by atoms with Gasteiger partial charge in [0.15, 0.2) is 5.88 Å². The maximum Gasteiger partial charge on any atom is 0.253 e. The quantitative estimate of drug-likeness (QED) is 0.478. The predicted octanol–water partition coefficient (Wildman–Crippen LogP) is 3.73. The molecule has 0 aromatic carbocycles. The molecule has 3 N–H and O–H groups in total. The average Bonchev–Trinajstić information content (AvgIpc) is 3.16. The van der Waals surface area contributed by atoms with Crippen molar-refractivity contribution in [3.05, 3.63) is 42.1 Å². The number of nitrogens with one attached hydrogen (secondary N) is 3. The van der Waals surface area contributed by atoms with Crippen LogP contribution >= 0.6 is 0 Å². The smallest absolute Gasteiger partial charge is 0.253 e. The summed E-state index contributed by atoms with van der Waals surface area (Å²) in [7, 11) is 1.54. The molecule has 2 atom stereocenters. The van der Waals surface area contributed by atoms with Gasteiger partial charge in [0.1, 0.15) is 6.67 Å². The van der Waals surface area contributed by atoms with Crippen LogP contribution in [-0.4, -0.2) is 40.6 Å². The number of amides is 2. The van der Waals surface area contributed by atoms with Gasteiger partial charge in [-0.25, -0.2) is 4.39 Å². The zero-order chi connectivity index (χ0) is 24.7. The van der Waals surface area contributed by atoms with Gasteiger partial charge in [-0.3, -0.25) is 9.59 Å². The summed E-state index contributed by atoms with van der Waals surface area (Å²) in [5.41, 5.74) is 0.104. The van der Waals surface area contributed by atoms with E-state index in [9.17, 15) is 14.0 Å². The van der Waals surface area contributed by atoms with Gasteiger partial charge in [0.25, 0.3) is 5.91 Å². The van der Waals surface area contributed by atoms with Crippen molar-refractivity contribution in [3.8, 4) is 0 Å². The molecule has 0 aliphatic heterocycles. The van der Waals surface area contributed by atoms with Gasteiger partial charge in [0.2, 0.25) is 5.91 Å². The summed E-state index contributed by atoms with van der Waals surface area (Å²) in [6.45, 7) is 8.50. The molecule has 0 spiro atoms. The highest BCUT2D eigenvalue weighted by Gasteiger charge is 2.56. The fraction of sp³-hybridized carbons (Fsp3) is 0.615. The van der Waals surface area contributed by atoms with Crippen LogP contribution in [0.5, 0.6) is 0 Å². The highest BCUT2D eigenvalue weighted by Crippen LogP contribution is 2.55. The summed E-state index contributed by atoms with van der Waals surface area (Å²) in [5, 5.41) is 9.60. The Labute approximate surface area is 201 Å². The molecule has 4 fully saturated rings. The van der Waals surface area contributed by atoms with Crippen molar-refractivity contribution in [3.63, 3.8) is 0 Å². The highest BCUT2D eigenvalue weighted by molar-refractivity contribution is 5.96. The minimum Gasteiger partial charge on any atom is -0.483 e. The molecule has 1 heterocycles. The molecule has 7 nitrogen and oxygen atoms in total. The van der Waals surface area contributed by atoms with Crippen LogP contribution in [0.25, 0.3) is 6.20 Å². The molecule has 2 unspecified atom stereocenters. The first-order chi connectivity index (χ1) is 16.0. The lowest BCUT2D eigenvalue weighted by molar-refractivity contribution is -0.125. The second-order valence-electron chi connectivity index (χ2n) is 10.9. The summed E-state index contributed by atoms with van der Waals surface area (Å²) in [6, 6.07) is 1.75. The first-order valence-corrected chi connectivity index (χ1v) is 12.1. The van der Waals surface area contributed by atoms with Gasteiger partial charge >= 0.3 is 0 Å². The third-order valence-electron chi connectivity index (χ3n) is 7.77. The minimum atomic E-state index is -0.746. The van der Waals surface area contributed by atoms with E-state index in [2.05, 4.69) is 22.5 Å². The molecular weight excluding hydrogens is 435 g/mol. The maximum atomic E-state index is 14.0. The summed E-state index contributed by atoms with van der Waals surface area (Å²) in [4.78, 5) is 25.0. The number of hydrogen-bond donors (Lipinski definition) is 3. The van der Waals surface area contributed by atoms with Crippen LogP contribution in [0.1, 0.15) is 68.9 Å². The van der Waals surface area contributed by atoms with E-state index in [1.54, 1.807) is 30.0 Å². The molecule has 186 valence electrons. The first kappa shape index (κ1) is 24.4. The average molecular weight is 473 g/mol. The number of aromatic nitrogens is 1. The number of alkyl halides is 1. The normalized spacial score (nSPS) is 29.8. The van der Waals surface area contributed by atoms with Crippen LogP contribution < -0.4 is 16.0 Å². The van der Waals surface area contributed by atoms with Crippen molar-refractivity contribution in [1.82, 2.24) is 20.5 Å². The Morgan fingerprint density at radius 2 is 1.97 bits per heavy atom. The van der Waals surface area contributed by atoms with Gasteiger partial charge in [-0.1, -0.05) is 0 Å². The Balaban J connectivity index is 1.46. The second kappa shape index (κ2) is 9.12. The van der Waals surface area contributed by atoms with E-state index in [4.69, 9.17) is 4.74 Å². The number of carbonyl (C=O) groups is 2. The lowest BCUT2D eigenvalue weighted by Crippen LogP contribution is -2.66. The van der Waals surface area contributed by atoms with Crippen molar-refractivity contribution >= 4 is 18.0 Å². The summed E-state index contributed by atoms with van der Waals surface area (Å²) < 4.78 is 20.8. The molecular formula is C26H37FN4O3. The second-order valence-corrected chi connectivity index (χ2v) is 10.9. The van der Waals surface area contributed by atoms with E-state index in [0.29, 0.717) is 34.9 Å². The zero-order valence-corrected chi connectivity index (χ0v) is 20.6. The molecule has 2 amide bonds. The van der Waals surface area contributed by atoms with Crippen molar-refractivity contribution < 1.29 is 18.7 Å². The van der Waals surface area contributed by atoms with E-state index in [1.165, 1.54) is 7.11 Å². The summed E-state index contributed by atoms with van der Waals surface area (Å²) in [5.74, 6) is 1.53. The molecule has 0 radical (unpaired) electrons. The van der Waals surface area contributed by atoms with Gasteiger partial charge in [-0.2, -0.15) is 0 Å². The monoisotopic (exact) mass is 472 g/mol. The van der Waals surface area contributed by atoms with Crippen molar-refractivity contribution in [1.29, 1.82) is 0 Å². The van der Waals surface area contributed by atoms with Crippen LogP contribution in [0.2, 0.25) is 0 Å². The molecule has 4 bridgehead atoms. The predicted molar refractivity (Wildman–Crippen MR) is 129 cm³/mol. The number of hydrogen-bond acceptors (Lipinski definition) is 4. The number of carbonyl (C=O) groups excluding carboxylic acids is 2. The number of ether oxygens (including phenoxy) is 1. The van der Waals surface area contributed by atoms with Crippen LogP contribution in [-0.2, 0) is 16.2 Å². The summed E-state index contributed by atoms with van der Waals surface area (Å²) in [6.07, 6.45) is 10.3. The van der Waals surface area contributed by atoms with Crippen LogP contribution in [0.4, 0.5) is 4.39 Å². The van der Waals surface area contributed by atoms with Crippen molar-refractivity contribution in [2.24, 2.45) is 17.8 Å². The van der Waals surface area contributed by atoms with E-state index < -0.39 is 12.2 Å². The van der Waals surface area contributed by atoms with E-state index in [0.717, 1.165) is 32.1 Å². The molecule has 4 aliphatic rings. The topological polar surface area (TPSA) is 84.4 Å². The molecule has 34 heavy (non-hydrogen) atoms. The zero-order valence-electron chi connectivity index (χ0n) is 20.6. The van der Waals surface area contributed by atoms with E-state index >= 15 is 0 Å². The lowest BCUT2D eigenvalue weighted by Gasteiger charge is -2.60.